The number of nitrogens with two attached hydrogens (primary N) is 1. The van der Waals surface area contributed by atoms with E-state index < -0.39 is 6.04 Å². The lowest BCUT2D eigenvalue weighted by Crippen LogP contribution is -2.37. The fraction of sp³-hybridized carbons (Fsp3) is 0.571. The highest BCUT2D eigenvalue weighted by molar-refractivity contribution is 5.28. The summed E-state index contributed by atoms with van der Waals surface area (Å²) in [5, 5.41) is 8.74. The van der Waals surface area contributed by atoms with Crippen LogP contribution in [0.4, 0.5) is 0 Å². The van der Waals surface area contributed by atoms with E-state index in [1.807, 2.05) is 12.1 Å². The summed E-state index contributed by atoms with van der Waals surface area (Å²) in [5.41, 5.74) is 8.28. The second-order valence-electron chi connectivity index (χ2n) is 5.38. The molecule has 102 valence electrons. The molecule has 1 aliphatic heterocycles. The highest BCUT2D eigenvalue weighted by atomic mass is 16.1. The maximum atomic E-state index is 11.9. The highest BCUT2D eigenvalue weighted by Crippen LogP contribution is 2.18. The molecule has 1 aromatic rings. The minimum Gasteiger partial charge on any atom is -0.326 e. The van der Waals surface area contributed by atoms with E-state index in [1.165, 1.54) is 0 Å². The van der Waals surface area contributed by atoms with Gasteiger partial charge in [0.05, 0.1) is 12.1 Å². The summed E-state index contributed by atoms with van der Waals surface area (Å²) in [5.74, 6) is 0. The van der Waals surface area contributed by atoms with Crippen molar-refractivity contribution >= 4 is 0 Å². The van der Waals surface area contributed by atoms with Crippen LogP contribution in [0.25, 0.3) is 0 Å². The van der Waals surface area contributed by atoms with E-state index in [-0.39, 0.29) is 5.56 Å². The molecule has 0 amide bonds. The molecule has 0 radical (unpaired) electrons. The number of fused-ring (bicyclic) bond motifs is 1. The van der Waals surface area contributed by atoms with Gasteiger partial charge in [0.25, 0.3) is 5.56 Å². The number of rotatable bonds is 3. The van der Waals surface area contributed by atoms with Crippen molar-refractivity contribution in [1.29, 1.82) is 5.26 Å². The minimum absolute atomic E-state index is 0.109. The Labute approximate surface area is 113 Å². The van der Waals surface area contributed by atoms with E-state index in [9.17, 15) is 4.79 Å². The monoisotopic (exact) mass is 260 g/mol. The predicted molar refractivity (Wildman–Crippen MR) is 73.6 cm³/mol. The Kier molecular flexibility index (Phi) is 4.03. The van der Waals surface area contributed by atoms with Crippen LogP contribution >= 0.6 is 0 Å². The number of nitriles is 1. The van der Waals surface area contributed by atoms with Crippen molar-refractivity contribution in [2.75, 3.05) is 6.54 Å². The summed E-state index contributed by atoms with van der Waals surface area (Å²) >= 11 is 0. The topological polar surface area (TPSA) is 85.9 Å². The molecule has 1 unspecified atom stereocenters. The fourth-order valence-electron chi connectivity index (χ4n) is 2.45. The van der Waals surface area contributed by atoms with Gasteiger partial charge in [-0.3, -0.25) is 9.69 Å². The van der Waals surface area contributed by atoms with Gasteiger partial charge in [-0.2, -0.15) is 5.26 Å². The highest BCUT2D eigenvalue weighted by Gasteiger charge is 2.20. The lowest BCUT2D eigenvalue weighted by atomic mass is 10.00. The molecule has 1 aliphatic rings. The van der Waals surface area contributed by atoms with Crippen molar-refractivity contribution in [3.8, 4) is 6.07 Å². The van der Waals surface area contributed by atoms with Crippen molar-refractivity contribution in [2.45, 2.75) is 45.3 Å². The zero-order valence-electron chi connectivity index (χ0n) is 11.4. The molecule has 2 heterocycles. The zero-order valence-corrected chi connectivity index (χ0v) is 11.4. The van der Waals surface area contributed by atoms with Crippen LogP contribution in [0.2, 0.25) is 0 Å². The summed E-state index contributed by atoms with van der Waals surface area (Å²) < 4.78 is 0. The van der Waals surface area contributed by atoms with Gasteiger partial charge < -0.3 is 10.7 Å². The van der Waals surface area contributed by atoms with E-state index >= 15 is 0 Å². The van der Waals surface area contributed by atoms with Gasteiger partial charge in [0, 0.05) is 43.2 Å². The third-order valence-electron chi connectivity index (χ3n) is 3.65. The van der Waals surface area contributed by atoms with Crippen LogP contribution in [0.5, 0.6) is 0 Å². The number of aromatic nitrogens is 1. The molecule has 0 fully saturated rings. The number of nitrogens with one attached hydrogen (secondary N) is 1. The van der Waals surface area contributed by atoms with Gasteiger partial charge in [0.1, 0.15) is 0 Å². The summed E-state index contributed by atoms with van der Waals surface area (Å²) in [6.07, 6.45) is 1.17. The predicted octanol–water partition coefficient (Wildman–Crippen LogP) is 0.535. The third-order valence-corrected chi connectivity index (χ3v) is 3.65. The molecular formula is C14H20N4O. The number of H-pyrrole nitrogens is 1. The van der Waals surface area contributed by atoms with Crippen LogP contribution in [-0.2, 0) is 19.4 Å². The Hall–Kier alpha value is -1.64. The first kappa shape index (κ1) is 13.8. The number of aromatic amines is 1. The molecule has 19 heavy (non-hydrogen) atoms. The Morgan fingerprint density at radius 1 is 1.58 bits per heavy atom. The quantitative estimate of drug-likeness (QED) is 0.830. The zero-order chi connectivity index (χ0) is 14.0. The summed E-state index contributed by atoms with van der Waals surface area (Å²) in [6.45, 7) is 6.16. The van der Waals surface area contributed by atoms with Crippen LogP contribution < -0.4 is 11.3 Å². The van der Waals surface area contributed by atoms with E-state index in [4.69, 9.17) is 11.0 Å². The third kappa shape index (κ3) is 3.03. The Balaban J connectivity index is 2.29. The van der Waals surface area contributed by atoms with Crippen LogP contribution in [0.1, 0.15) is 30.7 Å². The summed E-state index contributed by atoms with van der Waals surface area (Å²) in [7, 11) is 0. The molecule has 0 saturated heterocycles. The van der Waals surface area contributed by atoms with Crippen molar-refractivity contribution in [3.63, 3.8) is 0 Å². The molecular weight excluding hydrogens is 240 g/mol. The molecule has 0 saturated carbocycles. The van der Waals surface area contributed by atoms with E-state index in [0.717, 1.165) is 30.8 Å². The van der Waals surface area contributed by atoms with Gasteiger partial charge in [0.15, 0.2) is 0 Å². The van der Waals surface area contributed by atoms with Gasteiger partial charge in [-0.25, -0.2) is 0 Å². The molecule has 5 heteroatoms. The van der Waals surface area contributed by atoms with Crippen molar-refractivity contribution in [3.05, 3.63) is 33.2 Å². The van der Waals surface area contributed by atoms with Gasteiger partial charge in [0.2, 0.25) is 0 Å². The molecule has 0 aromatic carbocycles. The lowest BCUT2D eigenvalue weighted by Gasteiger charge is -2.31. The van der Waals surface area contributed by atoms with Crippen LogP contribution in [0.15, 0.2) is 10.9 Å². The normalized spacial score (nSPS) is 17.0. The van der Waals surface area contributed by atoms with Crippen molar-refractivity contribution < 1.29 is 0 Å². The SMILES string of the molecule is CC(C)N1CCc2[nH]c(=O)c(CC(N)C#N)cc2C1. The number of nitrogens with zero attached hydrogens (tertiary/aromatic N) is 2. The lowest BCUT2D eigenvalue weighted by molar-refractivity contribution is 0.201. The largest absolute Gasteiger partial charge is 0.326 e. The van der Waals surface area contributed by atoms with Gasteiger partial charge in [-0.05, 0) is 25.5 Å². The van der Waals surface area contributed by atoms with Gasteiger partial charge >= 0.3 is 0 Å². The van der Waals surface area contributed by atoms with Gasteiger partial charge in [-0.1, -0.05) is 0 Å². The number of pyridine rings is 1. The molecule has 0 bridgehead atoms. The fourth-order valence-corrected chi connectivity index (χ4v) is 2.45. The smallest absolute Gasteiger partial charge is 0.251 e. The molecule has 0 aliphatic carbocycles. The molecule has 1 atom stereocenters. The number of hydrogen-bond acceptors (Lipinski definition) is 4. The van der Waals surface area contributed by atoms with E-state index in [0.29, 0.717) is 18.0 Å². The van der Waals surface area contributed by atoms with Crippen LogP contribution in [0, 0.1) is 11.3 Å². The number of hydrogen-bond donors (Lipinski definition) is 2. The first-order valence-electron chi connectivity index (χ1n) is 6.64. The molecule has 0 spiro atoms. The standard InChI is InChI=1S/C14H20N4O/c1-9(2)18-4-3-13-11(8-18)5-10(14(19)17-13)6-12(16)7-15/h5,9,12H,3-4,6,8,16H2,1-2H3,(H,17,19). The Morgan fingerprint density at radius 3 is 2.95 bits per heavy atom. The first-order chi connectivity index (χ1) is 9.01. The Morgan fingerprint density at radius 2 is 2.32 bits per heavy atom. The average Bonchev–Trinajstić information content (AvgIpc) is 2.38. The second-order valence-corrected chi connectivity index (χ2v) is 5.38. The van der Waals surface area contributed by atoms with Crippen LogP contribution in [-0.4, -0.2) is 28.5 Å². The molecule has 2 rings (SSSR count). The second kappa shape index (κ2) is 5.55. The maximum absolute atomic E-state index is 11.9. The minimum atomic E-state index is -0.621. The first-order valence-corrected chi connectivity index (χ1v) is 6.64. The average molecular weight is 260 g/mol. The Bertz CT molecular complexity index is 556. The summed E-state index contributed by atoms with van der Waals surface area (Å²) in [4.78, 5) is 17.2. The maximum Gasteiger partial charge on any atom is 0.251 e. The molecule has 3 N–H and O–H groups in total. The van der Waals surface area contributed by atoms with Crippen molar-refractivity contribution in [1.82, 2.24) is 9.88 Å². The molecule has 1 aromatic heterocycles. The van der Waals surface area contributed by atoms with Crippen LogP contribution in [0.3, 0.4) is 0 Å². The van der Waals surface area contributed by atoms with E-state index in [2.05, 4.69) is 23.7 Å². The van der Waals surface area contributed by atoms with Gasteiger partial charge in [-0.15, -0.1) is 0 Å². The van der Waals surface area contributed by atoms with E-state index in [1.54, 1.807) is 0 Å². The van der Waals surface area contributed by atoms with Crippen molar-refractivity contribution in [2.24, 2.45) is 5.73 Å². The molecule has 5 nitrogen and oxygen atoms in total. The summed E-state index contributed by atoms with van der Waals surface area (Å²) in [6, 6.07) is 3.75.